The first kappa shape index (κ1) is 12.7. The van der Waals surface area contributed by atoms with Crippen LogP contribution in [0, 0.1) is 6.92 Å². The van der Waals surface area contributed by atoms with Gasteiger partial charge < -0.3 is 0 Å². The Bertz CT molecular complexity index is 1020. The molecule has 0 saturated heterocycles. The Morgan fingerprint density at radius 3 is 1.83 bits per heavy atom. The quantitative estimate of drug-likeness (QED) is 0.332. The minimum Gasteiger partial charge on any atom is -0.0616 e. The van der Waals surface area contributed by atoms with Crippen molar-refractivity contribution in [3.05, 3.63) is 84.4 Å². The molecule has 5 rings (SSSR count). The highest BCUT2D eigenvalue weighted by Gasteiger charge is 2.21. The largest absolute Gasteiger partial charge is 0.0616 e. The molecular formula is C23H16. The number of fused-ring (bicyclic) bond motifs is 3. The lowest BCUT2D eigenvalue weighted by atomic mass is 9.94. The van der Waals surface area contributed by atoms with Crippen LogP contribution in [0.1, 0.15) is 5.56 Å². The molecule has 1 aliphatic carbocycles. The SMILES string of the molecule is Cc1ccc(-c2ccc3c4c(cccc24)-c2ccccc2-3)cc1. The minimum atomic E-state index is 1.29. The molecule has 108 valence electrons. The maximum atomic E-state index is 2.28. The van der Waals surface area contributed by atoms with Crippen LogP contribution >= 0.6 is 0 Å². The lowest BCUT2D eigenvalue weighted by Gasteiger charge is -2.10. The van der Waals surface area contributed by atoms with E-state index < -0.39 is 0 Å². The van der Waals surface area contributed by atoms with Gasteiger partial charge in [0.05, 0.1) is 0 Å². The second-order valence-electron chi connectivity index (χ2n) is 6.30. The first-order chi connectivity index (χ1) is 11.3. The minimum absolute atomic E-state index is 1.29. The second-order valence-corrected chi connectivity index (χ2v) is 6.30. The summed E-state index contributed by atoms with van der Waals surface area (Å²) in [5.41, 5.74) is 9.34. The van der Waals surface area contributed by atoms with Crippen LogP contribution in [-0.4, -0.2) is 0 Å². The molecule has 23 heavy (non-hydrogen) atoms. The van der Waals surface area contributed by atoms with Gasteiger partial charge in [0, 0.05) is 0 Å². The van der Waals surface area contributed by atoms with Crippen LogP contribution in [-0.2, 0) is 0 Å². The van der Waals surface area contributed by atoms with E-state index in [9.17, 15) is 0 Å². The van der Waals surface area contributed by atoms with Crippen molar-refractivity contribution in [2.24, 2.45) is 0 Å². The van der Waals surface area contributed by atoms with E-state index in [2.05, 4.69) is 85.8 Å². The molecule has 0 aromatic heterocycles. The van der Waals surface area contributed by atoms with Gasteiger partial charge in [0.25, 0.3) is 0 Å². The van der Waals surface area contributed by atoms with Crippen LogP contribution in [0.5, 0.6) is 0 Å². The third-order valence-corrected chi connectivity index (χ3v) is 4.91. The summed E-state index contributed by atoms with van der Waals surface area (Å²) in [6, 6.07) is 28.8. The van der Waals surface area contributed by atoms with Gasteiger partial charge in [0.15, 0.2) is 0 Å². The third kappa shape index (κ3) is 1.72. The van der Waals surface area contributed by atoms with Gasteiger partial charge in [-0.05, 0) is 51.1 Å². The number of hydrogen-bond donors (Lipinski definition) is 0. The monoisotopic (exact) mass is 292 g/mol. The predicted octanol–water partition coefficient (Wildman–Crippen LogP) is 6.46. The van der Waals surface area contributed by atoms with E-state index in [1.54, 1.807) is 0 Å². The Morgan fingerprint density at radius 1 is 0.478 bits per heavy atom. The molecule has 0 amide bonds. The van der Waals surface area contributed by atoms with Gasteiger partial charge in [0.2, 0.25) is 0 Å². The molecule has 0 heteroatoms. The van der Waals surface area contributed by atoms with Crippen molar-refractivity contribution in [2.45, 2.75) is 6.92 Å². The Morgan fingerprint density at radius 2 is 1.09 bits per heavy atom. The van der Waals surface area contributed by atoms with Gasteiger partial charge in [-0.3, -0.25) is 0 Å². The maximum Gasteiger partial charge on any atom is -0.00201 e. The van der Waals surface area contributed by atoms with Crippen LogP contribution in [0.3, 0.4) is 0 Å². The second kappa shape index (κ2) is 4.57. The van der Waals surface area contributed by atoms with Crippen molar-refractivity contribution in [3.63, 3.8) is 0 Å². The van der Waals surface area contributed by atoms with E-state index >= 15 is 0 Å². The normalized spacial score (nSPS) is 11.7. The number of benzene rings is 4. The summed E-state index contributed by atoms with van der Waals surface area (Å²) in [4.78, 5) is 0. The van der Waals surface area contributed by atoms with Crippen LogP contribution < -0.4 is 0 Å². The fourth-order valence-corrected chi connectivity index (χ4v) is 3.79. The Labute approximate surface area is 136 Å². The molecule has 0 fully saturated rings. The fourth-order valence-electron chi connectivity index (χ4n) is 3.79. The van der Waals surface area contributed by atoms with E-state index in [1.165, 1.54) is 49.7 Å². The van der Waals surface area contributed by atoms with E-state index in [1.807, 2.05) is 0 Å². The standard InChI is InChI=1S/C23H16/c1-15-9-11-16(12-10-15)17-13-14-22-19-6-3-2-5-18(19)21-8-4-7-20(17)23(21)22/h2-14H,1H3. The molecule has 0 nitrogen and oxygen atoms in total. The number of aryl methyl sites for hydroxylation is 1. The Kier molecular flexibility index (Phi) is 2.51. The smallest absolute Gasteiger partial charge is 0.00201 e. The van der Waals surface area contributed by atoms with Crippen LogP contribution in [0.25, 0.3) is 44.2 Å². The number of rotatable bonds is 1. The van der Waals surface area contributed by atoms with Crippen molar-refractivity contribution in [1.29, 1.82) is 0 Å². The summed E-state index contributed by atoms with van der Waals surface area (Å²) in [5.74, 6) is 0. The van der Waals surface area contributed by atoms with E-state index in [4.69, 9.17) is 0 Å². The molecule has 1 aliphatic rings. The zero-order chi connectivity index (χ0) is 15.4. The highest BCUT2D eigenvalue weighted by Crippen LogP contribution is 2.48. The molecule has 0 bridgehead atoms. The van der Waals surface area contributed by atoms with E-state index in [-0.39, 0.29) is 0 Å². The average molecular weight is 292 g/mol. The Balaban J connectivity index is 1.87. The zero-order valence-corrected chi connectivity index (χ0v) is 13.0. The zero-order valence-electron chi connectivity index (χ0n) is 13.0. The first-order valence-electron chi connectivity index (χ1n) is 8.05. The summed E-state index contributed by atoms with van der Waals surface area (Å²) in [6.45, 7) is 2.13. The molecule has 0 radical (unpaired) electrons. The third-order valence-electron chi connectivity index (χ3n) is 4.91. The van der Waals surface area contributed by atoms with Gasteiger partial charge >= 0.3 is 0 Å². The summed E-state index contributed by atoms with van der Waals surface area (Å²) in [5, 5.41) is 2.74. The lowest BCUT2D eigenvalue weighted by Crippen LogP contribution is -1.83. The summed E-state index contributed by atoms with van der Waals surface area (Å²) in [7, 11) is 0. The van der Waals surface area contributed by atoms with Crippen LogP contribution in [0.2, 0.25) is 0 Å². The van der Waals surface area contributed by atoms with Crippen molar-refractivity contribution in [1.82, 2.24) is 0 Å². The average Bonchev–Trinajstić information content (AvgIpc) is 2.93. The van der Waals surface area contributed by atoms with Crippen LogP contribution in [0.4, 0.5) is 0 Å². The summed E-state index contributed by atoms with van der Waals surface area (Å²) < 4.78 is 0. The van der Waals surface area contributed by atoms with Crippen molar-refractivity contribution < 1.29 is 0 Å². The molecule has 0 aliphatic heterocycles. The molecule has 0 heterocycles. The van der Waals surface area contributed by atoms with Gasteiger partial charge in [-0.25, -0.2) is 0 Å². The predicted molar refractivity (Wildman–Crippen MR) is 98.6 cm³/mol. The maximum absolute atomic E-state index is 2.28. The van der Waals surface area contributed by atoms with Gasteiger partial charge in [-0.2, -0.15) is 0 Å². The molecule has 0 unspecified atom stereocenters. The van der Waals surface area contributed by atoms with Crippen LogP contribution in [0.15, 0.2) is 78.9 Å². The topological polar surface area (TPSA) is 0 Å². The summed E-state index contributed by atoms with van der Waals surface area (Å²) >= 11 is 0. The number of hydrogen-bond acceptors (Lipinski definition) is 0. The first-order valence-corrected chi connectivity index (χ1v) is 8.05. The van der Waals surface area contributed by atoms with Crippen molar-refractivity contribution in [2.75, 3.05) is 0 Å². The highest BCUT2D eigenvalue weighted by molar-refractivity contribution is 6.18. The molecule has 0 N–H and O–H groups in total. The van der Waals surface area contributed by atoms with Crippen molar-refractivity contribution in [3.8, 4) is 33.4 Å². The fraction of sp³-hybridized carbons (Fsp3) is 0.0435. The molecule has 0 atom stereocenters. The molecular weight excluding hydrogens is 276 g/mol. The summed E-state index contributed by atoms with van der Waals surface area (Å²) in [6.07, 6.45) is 0. The molecule has 4 aromatic rings. The Hall–Kier alpha value is -2.86. The molecule has 0 spiro atoms. The van der Waals surface area contributed by atoms with E-state index in [0.29, 0.717) is 0 Å². The van der Waals surface area contributed by atoms with Crippen molar-refractivity contribution >= 4 is 10.8 Å². The lowest BCUT2D eigenvalue weighted by molar-refractivity contribution is 1.47. The van der Waals surface area contributed by atoms with Gasteiger partial charge in [-0.15, -0.1) is 0 Å². The van der Waals surface area contributed by atoms with Gasteiger partial charge in [0.1, 0.15) is 0 Å². The molecule has 0 saturated carbocycles. The van der Waals surface area contributed by atoms with Gasteiger partial charge in [-0.1, -0.05) is 84.4 Å². The van der Waals surface area contributed by atoms with E-state index in [0.717, 1.165) is 0 Å². The molecule has 4 aromatic carbocycles. The highest BCUT2D eigenvalue weighted by atomic mass is 14.2.